The smallest absolute Gasteiger partial charge is 0.319 e. The number of nitrogens with one attached hydrogen (secondary N) is 1. The molecule has 4 aliphatic rings. The minimum absolute atomic E-state index is 0.0148. The van der Waals surface area contributed by atoms with Crippen LogP contribution in [0, 0.1) is 0 Å². The van der Waals surface area contributed by atoms with Crippen molar-refractivity contribution in [2.75, 3.05) is 38.0 Å². The van der Waals surface area contributed by atoms with Gasteiger partial charge in [0.2, 0.25) is 0 Å². The fourth-order valence-corrected chi connectivity index (χ4v) is 7.51. The molecule has 242 valence electrons. The Balaban J connectivity index is 1.01. The number of aliphatic hydroxyl groups excluding tert-OH is 1. The average molecular weight is 625 g/mol. The first-order valence-electron chi connectivity index (χ1n) is 16.9. The van der Waals surface area contributed by atoms with Gasteiger partial charge >= 0.3 is 6.01 Å². The molecule has 10 nitrogen and oxygen atoms in total. The van der Waals surface area contributed by atoms with Crippen LogP contribution in [0.15, 0.2) is 60.7 Å². The Morgan fingerprint density at radius 1 is 0.804 bits per heavy atom. The monoisotopic (exact) mass is 624 g/mol. The molecule has 1 aliphatic carbocycles. The topological polar surface area (TPSA) is 111 Å². The summed E-state index contributed by atoms with van der Waals surface area (Å²) < 4.78 is 6.19. The van der Waals surface area contributed by atoms with Gasteiger partial charge in [0.05, 0.1) is 6.10 Å². The van der Waals surface area contributed by atoms with Gasteiger partial charge in [0, 0.05) is 63.0 Å². The van der Waals surface area contributed by atoms with E-state index >= 15 is 0 Å². The summed E-state index contributed by atoms with van der Waals surface area (Å²) in [6.07, 6.45) is 6.78. The number of anilines is 1. The van der Waals surface area contributed by atoms with Crippen LogP contribution in [0.1, 0.15) is 76.9 Å². The van der Waals surface area contributed by atoms with Crippen LogP contribution < -0.4 is 10.1 Å². The average Bonchev–Trinajstić information content (AvgIpc) is 3.61. The van der Waals surface area contributed by atoms with Gasteiger partial charge in [-0.15, -0.1) is 0 Å². The van der Waals surface area contributed by atoms with Crippen molar-refractivity contribution in [2.45, 2.75) is 82.2 Å². The predicted octanol–water partition coefficient (Wildman–Crippen LogP) is 4.15. The summed E-state index contributed by atoms with van der Waals surface area (Å²) in [6.45, 7) is 3.84. The third-order valence-electron chi connectivity index (χ3n) is 10.1. The molecule has 10 heteroatoms. The molecule has 0 bridgehead atoms. The zero-order valence-corrected chi connectivity index (χ0v) is 26.4. The molecule has 7 rings (SSSR count). The molecule has 1 aromatic heterocycles. The van der Waals surface area contributed by atoms with Gasteiger partial charge in [-0.3, -0.25) is 14.5 Å². The first kappa shape index (κ1) is 30.6. The number of ether oxygens (including phenoxy) is 1. The van der Waals surface area contributed by atoms with Gasteiger partial charge in [-0.25, -0.2) is 0 Å². The van der Waals surface area contributed by atoms with Crippen molar-refractivity contribution in [3.63, 3.8) is 0 Å². The van der Waals surface area contributed by atoms with Crippen LogP contribution in [-0.4, -0.2) is 98.6 Å². The standard InChI is InChI=1S/C36H44N6O4/c43-32-24-42(21-17-31(32)41-18-14-25-8-4-5-11-27(25)23-41)35(45)30-22-33(39-36(38-30)46-29-12-6-7-13-29)37-28-15-19-40(20-16-28)34(44)26-9-2-1-3-10-26/h1-5,8-11,22,28-29,31-32,43H,6-7,12-21,23-24H2,(H,37,38,39)/t31-,32-/m1/s1. The van der Waals surface area contributed by atoms with Gasteiger partial charge < -0.3 is 25.0 Å². The fraction of sp³-hybridized carbons (Fsp3) is 0.500. The zero-order chi connectivity index (χ0) is 31.5. The van der Waals surface area contributed by atoms with Gasteiger partial charge in [-0.2, -0.15) is 9.97 Å². The van der Waals surface area contributed by atoms with Crippen molar-refractivity contribution in [1.29, 1.82) is 0 Å². The van der Waals surface area contributed by atoms with Crippen LogP contribution in [0.3, 0.4) is 0 Å². The molecule has 3 aromatic rings. The van der Waals surface area contributed by atoms with Crippen molar-refractivity contribution in [3.8, 4) is 6.01 Å². The Morgan fingerprint density at radius 2 is 1.52 bits per heavy atom. The van der Waals surface area contributed by atoms with E-state index in [0.717, 1.165) is 58.0 Å². The number of aliphatic hydroxyl groups is 1. The summed E-state index contributed by atoms with van der Waals surface area (Å²) in [6, 6.07) is 20.0. The van der Waals surface area contributed by atoms with Gasteiger partial charge in [-0.05, 0) is 74.6 Å². The van der Waals surface area contributed by atoms with E-state index in [1.807, 2.05) is 35.2 Å². The Morgan fingerprint density at radius 3 is 2.28 bits per heavy atom. The van der Waals surface area contributed by atoms with E-state index in [4.69, 9.17) is 4.74 Å². The van der Waals surface area contributed by atoms with E-state index in [1.54, 1.807) is 11.0 Å². The number of carbonyl (C=O) groups is 2. The second-order valence-corrected chi connectivity index (χ2v) is 13.2. The van der Waals surface area contributed by atoms with Gasteiger partial charge in [0.1, 0.15) is 17.6 Å². The summed E-state index contributed by atoms with van der Waals surface area (Å²) >= 11 is 0. The minimum Gasteiger partial charge on any atom is -0.460 e. The summed E-state index contributed by atoms with van der Waals surface area (Å²) in [7, 11) is 0. The van der Waals surface area contributed by atoms with Crippen LogP contribution >= 0.6 is 0 Å². The number of rotatable bonds is 7. The number of piperidine rings is 2. The Hall–Kier alpha value is -4.02. The molecule has 3 aliphatic heterocycles. The molecule has 0 radical (unpaired) electrons. The lowest BCUT2D eigenvalue weighted by molar-refractivity contribution is -0.0139. The normalized spacial score (nSPS) is 22.8. The van der Waals surface area contributed by atoms with Gasteiger partial charge in [0.15, 0.2) is 0 Å². The van der Waals surface area contributed by atoms with E-state index in [2.05, 4.69) is 44.5 Å². The molecule has 2 aromatic carbocycles. The van der Waals surface area contributed by atoms with Crippen molar-refractivity contribution >= 4 is 17.6 Å². The maximum absolute atomic E-state index is 13.9. The fourth-order valence-electron chi connectivity index (χ4n) is 7.51. The van der Waals surface area contributed by atoms with Crippen molar-refractivity contribution < 1.29 is 19.4 Å². The van der Waals surface area contributed by atoms with Crippen LogP contribution in [-0.2, 0) is 13.0 Å². The van der Waals surface area contributed by atoms with E-state index < -0.39 is 6.10 Å². The van der Waals surface area contributed by atoms with E-state index in [-0.39, 0.29) is 48.3 Å². The maximum Gasteiger partial charge on any atom is 0.319 e. The molecule has 2 N–H and O–H groups in total. The number of hydrogen-bond acceptors (Lipinski definition) is 8. The van der Waals surface area contributed by atoms with Crippen molar-refractivity contribution in [1.82, 2.24) is 24.7 Å². The van der Waals surface area contributed by atoms with Crippen molar-refractivity contribution in [2.24, 2.45) is 0 Å². The Bertz CT molecular complexity index is 1520. The Labute approximate surface area is 270 Å². The molecule has 1 saturated carbocycles. The zero-order valence-electron chi connectivity index (χ0n) is 26.4. The predicted molar refractivity (Wildman–Crippen MR) is 175 cm³/mol. The summed E-state index contributed by atoms with van der Waals surface area (Å²) in [5.41, 5.74) is 3.69. The largest absolute Gasteiger partial charge is 0.460 e. The van der Waals surface area contributed by atoms with E-state index in [0.29, 0.717) is 37.4 Å². The maximum atomic E-state index is 13.9. The van der Waals surface area contributed by atoms with Gasteiger partial charge in [0.25, 0.3) is 11.8 Å². The third-order valence-corrected chi connectivity index (χ3v) is 10.1. The molecule has 2 atom stereocenters. The SMILES string of the molecule is O=C(c1ccccc1)N1CCC(Nc2cc(C(=O)N3CC[C@@H](N4CCc5ccccc5C4)[C@H](O)C3)nc(OC3CCCC3)n2)CC1. The number of nitrogens with zero attached hydrogens (tertiary/aromatic N) is 5. The molecule has 46 heavy (non-hydrogen) atoms. The lowest BCUT2D eigenvalue weighted by Gasteiger charge is -2.43. The molecular formula is C36H44N6O4. The quantitative estimate of drug-likeness (QED) is 0.404. The summed E-state index contributed by atoms with van der Waals surface area (Å²) in [4.78, 5) is 42.0. The highest BCUT2D eigenvalue weighted by Gasteiger charge is 2.36. The highest BCUT2D eigenvalue weighted by atomic mass is 16.5. The summed E-state index contributed by atoms with van der Waals surface area (Å²) in [5.74, 6) is 0.394. The first-order chi connectivity index (χ1) is 22.5. The van der Waals surface area contributed by atoms with Crippen LogP contribution in [0.2, 0.25) is 0 Å². The number of amides is 2. The first-order valence-corrected chi connectivity index (χ1v) is 16.9. The molecule has 0 unspecified atom stereocenters. The number of hydrogen-bond donors (Lipinski definition) is 2. The van der Waals surface area contributed by atoms with Gasteiger partial charge in [-0.1, -0.05) is 42.5 Å². The second-order valence-electron chi connectivity index (χ2n) is 13.2. The molecule has 0 spiro atoms. The number of carbonyl (C=O) groups excluding carboxylic acids is 2. The van der Waals surface area contributed by atoms with Crippen LogP contribution in [0.25, 0.3) is 0 Å². The third kappa shape index (κ3) is 6.88. The molecule has 4 heterocycles. The lowest BCUT2D eigenvalue weighted by Crippen LogP contribution is -2.56. The lowest BCUT2D eigenvalue weighted by atomic mass is 9.94. The molecule has 2 saturated heterocycles. The molecule has 2 amide bonds. The number of β-amino-alcohol motifs (C(OH)–C–C–N with tert-alkyl or cyclic N) is 1. The van der Waals surface area contributed by atoms with Crippen molar-refractivity contribution in [3.05, 3.63) is 83.0 Å². The number of fused-ring (bicyclic) bond motifs is 1. The highest BCUT2D eigenvalue weighted by molar-refractivity contribution is 5.94. The Kier molecular flexibility index (Phi) is 9.16. The highest BCUT2D eigenvalue weighted by Crippen LogP contribution is 2.28. The molecular weight excluding hydrogens is 580 g/mol. The number of likely N-dealkylation sites (tertiary alicyclic amines) is 2. The number of benzene rings is 2. The van der Waals surface area contributed by atoms with Crippen LogP contribution in [0.4, 0.5) is 5.82 Å². The number of aromatic nitrogens is 2. The minimum atomic E-state index is -0.639. The molecule has 3 fully saturated rings. The van der Waals surface area contributed by atoms with E-state index in [1.165, 1.54) is 11.1 Å². The second kappa shape index (κ2) is 13.8. The van der Waals surface area contributed by atoms with Crippen LogP contribution in [0.5, 0.6) is 6.01 Å². The summed E-state index contributed by atoms with van der Waals surface area (Å²) in [5, 5.41) is 14.8. The van der Waals surface area contributed by atoms with E-state index in [9.17, 15) is 14.7 Å².